The molecule has 2 aromatic rings. The number of carbonyl (C=O) groups is 1. The van der Waals surface area contributed by atoms with Crippen LogP contribution < -0.4 is 4.74 Å². The summed E-state index contributed by atoms with van der Waals surface area (Å²) in [5.74, 6) is 1.31. The van der Waals surface area contributed by atoms with Gasteiger partial charge in [0.25, 0.3) is 0 Å². The molecule has 3 rings (SSSR count). The van der Waals surface area contributed by atoms with E-state index in [1.807, 2.05) is 4.90 Å². The number of ether oxygens (including phenoxy) is 1. The summed E-state index contributed by atoms with van der Waals surface area (Å²) in [6.07, 6.45) is 0.925. The Bertz CT molecular complexity index is 704. The molecule has 134 valence electrons. The zero-order valence-electron chi connectivity index (χ0n) is 14.2. The molecule has 0 bridgehead atoms. The first-order valence-corrected chi connectivity index (χ1v) is 8.28. The zero-order chi connectivity index (χ0) is 17.6. The molecule has 1 saturated heterocycles. The maximum atomic E-state index is 12.9. The topological polar surface area (TPSA) is 71.7 Å². The summed E-state index contributed by atoms with van der Waals surface area (Å²) in [4.78, 5) is 19.8. The Morgan fingerprint density at radius 2 is 2.04 bits per heavy atom. The molecule has 25 heavy (non-hydrogen) atoms. The Balaban J connectivity index is 1.49. The smallest absolute Gasteiger partial charge is 0.240 e. The average molecular weight is 348 g/mol. The van der Waals surface area contributed by atoms with Crippen LogP contribution in [0.5, 0.6) is 5.75 Å². The predicted molar refractivity (Wildman–Crippen MR) is 87.2 cm³/mol. The van der Waals surface area contributed by atoms with Gasteiger partial charge in [-0.15, -0.1) is 0 Å². The van der Waals surface area contributed by atoms with E-state index in [4.69, 9.17) is 9.26 Å². The summed E-state index contributed by atoms with van der Waals surface area (Å²) < 4.78 is 23.6. The molecule has 0 aliphatic carbocycles. The second kappa shape index (κ2) is 8.06. The maximum Gasteiger partial charge on any atom is 0.240 e. The molecule has 8 heteroatoms. The average Bonchev–Trinajstić information content (AvgIpc) is 2.90. The van der Waals surface area contributed by atoms with Crippen molar-refractivity contribution in [3.63, 3.8) is 0 Å². The molecule has 1 aromatic heterocycles. The monoisotopic (exact) mass is 348 g/mol. The number of amides is 1. The highest BCUT2D eigenvalue weighted by atomic mass is 19.1. The van der Waals surface area contributed by atoms with Gasteiger partial charge in [-0.05, 0) is 30.7 Å². The van der Waals surface area contributed by atoms with Crippen molar-refractivity contribution < 1.29 is 18.4 Å². The molecule has 0 spiro atoms. The Morgan fingerprint density at radius 3 is 2.80 bits per heavy atom. The third-order valence-corrected chi connectivity index (χ3v) is 4.08. The van der Waals surface area contributed by atoms with E-state index in [0.717, 1.165) is 26.1 Å². The molecule has 1 fully saturated rings. The minimum atomic E-state index is -0.310. The molecule has 0 saturated carbocycles. The lowest BCUT2D eigenvalue weighted by Gasteiger charge is -2.19. The standard InChI is InChI=1S/C17H21FN4O3/c1-13(23)22-8-2-7-21(9-10-22)11-17-19-16(20-25-17)12-24-15-5-3-14(18)4-6-15/h3-6H,2,7-12H2,1H3. The normalized spacial score (nSPS) is 15.8. The van der Waals surface area contributed by atoms with Gasteiger partial charge >= 0.3 is 0 Å². The van der Waals surface area contributed by atoms with Crippen LogP contribution in [0, 0.1) is 5.82 Å². The molecule has 0 N–H and O–H groups in total. The van der Waals surface area contributed by atoms with E-state index in [1.54, 1.807) is 19.1 Å². The van der Waals surface area contributed by atoms with E-state index in [0.29, 0.717) is 30.6 Å². The first kappa shape index (κ1) is 17.3. The lowest BCUT2D eigenvalue weighted by atomic mass is 10.3. The first-order valence-electron chi connectivity index (χ1n) is 8.28. The van der Waals surface area contributed by atoms with Crippen LogP contribution >= 0.6 is 0 Å². The number of hydrogen-bond acceptors (Lipinski definition) is 6. The number of rotatable bonds is 5. The van der Waals surface area contributed by atoms with E-state index < -0.39 is 0 Å². The molecule has 1 amide bonds. The minimum absolute atomic E-state index is 0.111. The molecule has 0 unspecified atom stereocenters. The van der Waals surface area contributed by atoms with Crippen molar-refractivity contribution in [2.75, 3.05) is 26.2 Å². The predicted octanol–water partition coefficient (Wildman–Crippen LogP) is 1.84. The van der Waals surface area contributed by atoms with Crippen LogP contribution in [0.4, 0.5) is 4.39 Å². The Hall–Kier alpha value is -2.48. The van der Waals surface area contributed by atoms with Crippen LogP contribution in [0.1, 0.15) is 25.1 Å². The van der Waals surface area contributed by atoms with Gasteiger partial charge in [0.15, 0.2) is 6.61 Å². The van der Waals surface area contributed by atoms with Gasteiger partial charge in [-0.2, -0.15) is 4.98 Å². The largest absolute Gasteiger partial charge is 0.485 e. The maximum absolute atomic E-state index is 12.9. The van der Waals surface area contributed by atoms with Gasteiger partial charge in [0.05, 0.1) is 6.54 Å². The van der Waals surface area contributed by atoms with Crippen molar-refractivity contribution in [1.82, 2.24) is 19.9 Å². The number of carbonyl (C=O) groups excluding carboxylic acids is 1. The second-order valence-corrected chi connectivity index (χ2v) is 5.98. The third kappa shape index (κ3) is 4.99. The molecule has 1 aliphatic rings. The summed E-state index contributed by atoms with van der Waals surface area (Å²) in [5, 5.41) is 3.90. The Labute approximate surface area is 145 Å². The Kier molecular flexibility index (Phi) is 5.60. The molecular weight excluding hydrogens is 327 g/mol. The number of aromatic nitrogens is 2. The van der Waals surface area contributed by atoms with E-state index in [2.05, 4.69) is 15.0 Å². The fourth-order valence-electron chi connectivity index (χ4n) is 2.73. The fraction of sp³-hybridized carbons (Fsp3) is 0.471. The number of halogens is 1. The number of nitrogens with zero attached hydrogens (tertiary/aromatic N) is 4. The van der Waals surface area contributed by atoms with Crippen LogP contribution in [0.25, 0.3) is 0 Å². The van der Waals surface area contributed by atoms with E-state index >= 15 is 0 Å². The van der Waals surface area contributed by atoms with Gasteiger partial charge < -0.3 is 14.2 Å². The molecule has 7 nitrogen and oxygen atoms in total. The van der Waals surface area contributed by atoms with Crippen LogP contribution in [0.2, 0.25) is 0 Å². The van der Waals surface area contributed by atoms with Gasteiger partial charge in [0.1, 0.15) is 11.6 Å². The molecule has 1 aromatic carbocycles. The van der Waals surface area contributed by atoms with Crippen LogP contribution in [-0.2, 0) is 17.9 Å². The summed E-state index contributed by atoms with van der Waals surface area (Å²) >= 11 is 0. The van der Waals surface area contributed by atoms with Crippen molar-refractivity contribution in [2.45, 2.75) is 26.5 Å². The van der Waals surface area contributed by atoms with Gasteiger partial charge in [-0.1, -0.05) is 5.16 Å². The second-order valence-electron chi connectivity index (χ2n) is 5.98. The van der Waals surface area contributed by atoms with E-state index in [-0.39, 0.29) is 18.3 Å². The van der Waals surface area contributed by atoms with Crippen LogP contribution in [0.3, 0.4) is 0 Å². The molecule has 0 radical (unpaired) electrons. The van der Waals surface area contributed by atoms with Gasteiger partial charge in [-0.3, -0.25) is 9.69 Å². The minimum Gasteiger partial charge on any atom is -0.485 e. The van der Waals surface area contributed by atoms with Crippen molar-refractivity contribution in [3.05, 3.63) is 41.8 Å². The zero-order valence-corrected chi connectivity index (χ0v) is 14.2. The summed E-state index contributed by atoms with van der Waals surface area (Å²) in [6.45, 7) is 5.47. The Morgan fingerprint density at radius 1 is 1.24 bits per heavy atom. The van der Waals surface area contributed by atoms with Gasteiger partial charge in [-0.25, -0.2) is 4.39 Å². The lowest BCUT2D eigenvalue weighted by Crippen LogP contribution is -2.33. The molecule has 2 heterocycles. The van der Waals surface area contributed by atoms with Gasteiger partial charge in [0, 0.05) is 33.1 Å². The highest BCUT2D eigenvalue weighted by molar-refractivity contribution is 5.73. The van der Waals surface area contributed by atoms with Crippen molar-refractivity contribution in [3.8, 4) is 5.75 Å². The summed E-state index contributed by atoms with van der Waals surface area (Å²) in [6, 6.07) is 5.77. The highest BCUT2D eigenvalue weighted by Gasteiger charge is 2.18. The summed E-state index contributed by atoms with van der Waals surface area (Å²) in [7, 11) is 0. The van der Waals surface area contributed by atoms with Crippen molar-refractivity contribution in [2.24, 2.45) is 0 Å². The SMILES string of the molecule is CC(=O)N1CCCN(Cc2nc(COc3ccc(F)cc3)no2)CC1. The molecule has 1 aliphatic heterocycles. The summed E-state index contributed by atoms with van der Waals surface area (Å²) in [5.41, 5.74) is 0. The number of benzene rings is 1. The third-order valence-electron chi connectivity index (χ3n) is 4.08. The van der Waals surface area contributed by atoms with E-state index in [1.165, 1.54) is 12.1 Å². The van der Waals surface area contributed by atoms with E-state index in [9.17, 15) is 9.18 Å². The van der Waals surface area contributed by atoms with Crippen molar-refractivity contribution in [1.29, 1.82) is 0 Å². The quantitative estimate of drug-likeness (QED) is 0.821. The first-order chi connectivity index (χ1) is 12.1. The highest BCUT2D eigenvalue weighted by Crippen LogP contribution is 2.13. The number of hydrogen-bond donors (Lipinski definition) is 0. The van der Waals surface area contributed by atoms with Gasteiger partial charge in [0.2, 0.25) is 17.6 Å². The van der Waals surface area contributed by atoms with Crippen molar-refractivity contribution >= 4 is 5.91 Å². The fourth-order valence-corrected chi connectivity index (χ4v) is 2.73. The molecule has 0 atom stereocenters. The van der Waals surface area contributed by atoms with Crippen LogP contribution in [-0.4, -0.2) is 52.0 Å². The van der Waals surface area contributed by atoms with Crippen LogP contribution in [0.15, 0.2) is 28.8 Å². The lowest BCUT2D eigenvalue weighted by molar-refractivity contribution is -0.128. The molecular formula is C17H21FN4O3.